The molecule has 5 rings (SSSR count). The number of nitrogens with zero attached hydrogens (tertiary/aromatic N) is 4. The summed E-state index contributed by atoms with van der Waals surface area (Å²) in [5, 5.41) is 12.6. The molecule has 1 aromatic carbocycles. The normalized spacial score (nSPS) is 23.6. The van der Waals surface area contributed by atoms with E-state index < -0.39 is 0 Å². The van der Waals surface area contributed by atoms with Gasteiger partial charge in [-0.15, -0.1) is 10.2 Å². The molecule has 6 heteroatoms. The number of aromatic nitrogens is 3. The van der Waals surface area contributed by atoms with Crippen molar-refractivity contribution in [2.45, 2.75) is 70.2 Å². The van der Waals surface area contributed by atoms with Crippen LogP contribution in [0.3, 0.4) is 0 Å². The number of hydrogen-bond donors (Lipinski definition) is 1. The van der Waals surface area contributed by atoms with Gasteiger partial charge in [0.05, 0.1) is 12.1 Å². The zero-order valence-electron chi connectivity index (χ0n) is 16.6. The largest absolute Gasteiger partial charge is 0.490 e. The van der Waals surface area contributed by atoms with E-state index in [4.69, 9.17) is 4.74 Å². The van der Waals surface area contributed by atoms with Gasteiger partial charge in [-0.1, -0.05) is 12.1 Å². The molecule has 0 radical (unpaired) electrons. The predicted octanol–water partition coefficient (Wildman–Crippen LogP) is 3.08. The summed E-state index contributed by atoms with van der Waals surface area (Å²) in [6.45, 7) is 5.12. The van der Waals surface area contributed by atoms with Gasteiger partial charge in [0.15, 0.2) is 0 Å². The Kier molecular flexibility index (Phi) is 5.32. The van der Waals surface area contributed by atoms with Crippen LogP contribution >= 0.6 is 0 Å². The Morgan fingerprint density at radius 2 is 1.96 bits per heavy atom. The van der Waals surface area contributed by atoms with Gasteiger partial charge in [0, 0.05) is 32.6 Å². The number of hydrogen-bond acceptors (Lipinski definition) is 5. The number of nitrogens with one attached hydrogen (secondary N) is 1. The first-order chi connectivity index (χ1) is 13.8. The van der Waals surface area contributed by atoms with E-state index in [1.165, 1.54) is 44.1 Å². The number of fused-ring (bicyclic) bond motifs is 1. The molecule has 1 aromatic heterocycles. The van der Waals surface area contributed by atoms with Crippen LogP contribution in [-0.2, 0) is 19.5 Å². The molecular weight excluding hydrogens is 350 g/mol. The van der Waals surface area contributed by atoms with E-state index in [9.17, 15) is 0 Å². The average Bonchev–Trinajstić information content (AvgIpc) is 3.45. The van der Waals surface area contributed by atoms with Crippen molar-refractivity contribution in [2.24, 2.45) is 0 Å². The fourth-order valence-corrected chi connectivity index (χ4v) is 4.88. The average molecular weight is 382 g/mol. The SMILES string of the molecule is c1cc(CN2CCc3nnc(C4CCCN4)n3CC2)cc(OC2CCCC2)c1. The molecule has 6 nitrogen and oxygen atoms in total. The van der Waals surface area contributed by atoms with E-state index in [1.54, 1.807) is 0 Å². The highest BCUT2D eigenvalue weighted by molar-refractivity contribution is 5.28. The predicted molar refractivity (Wildman–Crippen MR) is 108 cm³/mol. The van der Waals surface area contributed by atoms with E-state index in [1.807, 2.05) is 0 Å². The lowest BCUT2D eigenvalue weighted by Crippen LogP contribution is -2.27. The Morgan fingerprint density at radius 3 is 2.82 bits per heavy atom. The van der Waals surface area contributed by atoms with E-state index in [0.717, 1.165) is 56.5 Å². The number of benzene rings is 1. The lowest BCUT2D eigenvalue weighted by atomic mass is 10.2. The Morgan fingerprint density at radius 1 is 1.04 bits per heavy atom. The number of ether oxygens (including phenoxy) is 1. The first-order valence-electron chi connectivity index (χ1n) is 11.0. The Bertz CT molecular complexity index is 792. The Labute approximate surface area is 167 Å². The van der Waals surface area contributed by atoms with Gasteiger partial charge in [0.25, 0.3) is 0 Å². The third-order valence-electron chi connectivity index (χ3n) is 6.43. The van der Waals surface area contributed by atoms with Crippen LogP contribution in [0.2, 0.25) is 0 Å². The monoisotopic (exact) mass is 381 g/mol. The molecule has 1 aliphatic carbocycles. The van der Waals surface area contributed by atoms with E-state index in [0.29, 0.717) is 12.1 Å². The molecule has 150 valence electrons. The Balaban J connectivity index is 1.22. The highest BCUT2D eigenvalue weighted by Gasteiger charge is 2.26. The van der Waals surface area contributed by atoms with E-state index >= 15 is 0 Å². The third-order valence-corrected chi connectivity index (χ3v) is 6.43. The Hall–Kier alpha value is -1.92. The van der Waals surface area contributed by atoms with Crippen LogP contribution < -0.4 is 10.1 Å². The van der Waals surface area contributed by atoms with Crippen molar-refractivity contribution in [3.05, 3.63) is 41.5 Å². The summed E-state index contributed by atoms with van der Waals surface area (Å²) in [7, 11) is 0. The van der Waals surface area contributed by atoms with Crippen LogP contribution in [0.25, 0.3) is 0 Å². The zero-order chi connectivity index (χ0) is 18.8. The maximum absolute atomic E-state index is 6.19. The highest BCUT2D eigenvalue weighted by Crippen LogP contribution is 2.26. The van der Waals surface area contributed by atoms with Gasteiger partial charge in [0.1, 0.15) is 17.4 Å². The molecule has 1 atom stereocenters. The second kappa shape index (κ2) is 8.21. The zero-order valence-corrected chi connectivity index (χ0v) is 16.6. The second-order valence-electron chi connectivity index (χ2n) is 8.47. The van der Waals surface area contributed by atoms with Crippen LogP contribution in [0.4, 0.5) is 0 Å². The molecule has 0 spiro atoms. The minimum absolute atomic E-state index is 0.386. The quantitative estimate of drug-likeness (QED) is 0.863. The first-order valence-corrected chi connectivity index (χ1v) is 11.0. The van der Waals surface area contributed by atoms with Gasteiger partial charge in [-0.3, -0.25) is 4.90 Å². The van der Waals surface area contributed by atoms with Crippen LogP contribution in [0.5, 0.6) is 5.75 Å². The molecule has 1 unspecified atom stereocenters. The minimum Gasteiger partial charge on any atom is -0.490 e. The lowest BCUT2D eigenvalue weighted by Gasteiger charge is -2.21. The van der Waals surface area contributed by atoms with Crippen molar-refractivity contribution in [3.8, 4) is 5.75 Å². The summed E-state index contributed by atoms with van der Waals surface area (Å²) in [6.07, 6.45) is 8.81. The highest BCUT2D eigenvalue weighted by atomic mass is 16.5. The van der Waals surface area contributed by atoms with E-state index in [2.05, 4.69) is 49.2 Å². The molecule has 1 saturated heterocycles. The van der Waals surface area contributed by atoms with Crippen LogP contribution in [0.1, 0.15) is 61.8 Å². The smallest absolute Gasteiger partial charge is 0.150 e. The molecular formula is C22H31N5O. The molecule has 2 fully saturated rings. The molecule has 1 saturated carbocycles. The molecule has 0 bridgehead atoms. The molecule has 28 heavy (non-hydrogen) atoms. The fraction of sp³-hybridized carbons (Fsp3) is 0.636. The minimum atomic E-state index is 0.386. The van der Waals surface area contributed by atoms with Crippen molar-refractivity contribution in [3.63, 3.8) is 0 Å². The summed E-state index contributed by atoms with van der Waals surface area (Å²) in [5.41, 5.74) is 1.34. The topological polar surface area (TPSA) is 55.2 Å². The molecule has 2 aromatic rings. The number of rotatable bonds is 5. The summed E-state index contributed by atoms with van der Waals surface area (Å²) in [4.78, 5) is 2.54. The molecule has 0 amide bonds. The fourth-order valence-electron chi connectivity index (χ4n) is 4.88. The maximum atomic E-state index is 6.19. The third kappa shape index (κ3) is 3.94. The summed E-state index contributed by atoms with van der Waals surface area (Å²) < 4.78 is 8.56. The summed E-state index contributed by atoms with van der Waals surface area (Å²) in [6, 6.07) is 9.08. The van der Waals surface area contributed by atoms with Gasteiger partial charge < -0.3 is 14.6 Å². The summed E-state index contributed by atoms with van der Waals surface area (Å²) in [5.74, 6) is 3.32. The van der Waals surface area contributed by atoms with Crippen molar-refractivity contribution >= 4 is 0 Å². The van der Waals surface area contributed by atoms with Crippen molar-refractivity contribution < 1.29 is 4.74 Å². The molecule has 1 N–H and O–H groups in total. The van der Waals surface area contributed by atoms with Crippen LogP contribution in [0.15, 0.2) is 24.3 Å². The molecule has 3 heterocycles. The van der Waals surface area contributed by atoms with Crippen molar-refractivity contribution in [2.75, 3.05) is 19.6 Å². The first kappa shape index (κ1) is 18.1. The van der Waals surface area contributed by atoms with Crippen LogP contribution in [0, 0.1) is 0 Å². The second-order valence-corrected chi connectivity index (χ2v) is 8.47. The van der Waals surface area contributed by atoms with Gasteiger partial charge in [-0.05, 0) is 62.8 Å². The van der Waals surface area contributed by atoms with Gasteiger partial charge >= 0.3 is 0 Å². The van der Waals surface area contributed by atoms with Gasteiger partial charge in [-0.2, -0.15) is 0 Å². The van der Waals surface area contributed by atoms with Crippen LogP contribution in [-0.4, -0.2) is 45.4 Å². The van der Waals surface area contributed by atoms with E-state index in [-0.39, 0.29) is 0 Å². The van der Waals surface area contributed by atoms with Gasteiger partial charge in [0.2, 0.25) is 0 Å². The standard InChI is InChI=1S/C22H31N5O/c1-2-7-18(6-1)28-19-8-3-5-17(15-19)16-26-12-10-21-24-25-22(27(21)14-13-26)20-9-4-11-23-20/h3,5,8,15,18,20,23H,1-2,4,6-7,9-14,16H2. The maximum Gasteiger partial charge on any atom is 0.150 e. The van der Waals surface area contributed by atoms with Crippen molar-refractivity contribution in [1.29, 1.82) is 0 Å². The molecule has 2 aliphatic heterocycles. The molecule has 3 aliphatic rings. The summed E-state index contributed by atoms with van der Waals surface area (Å²) >= 11 is 0. The van der Waals surface area contributed by atoms with Crippen molar-refractivity contribution in [1.82, 2.24) is 25.0 Å². The van der Waals surface area contributed by atoms with Gasteiger partial charge in [-0.25, -0.2) is 0 Å². The lowest BCUT2D eigenvalue weighted by molar-refractivity contribution is 0.209.